The van der Waals surface area contributed by atoms with Crippen LogP contribution >= 0.6 is 43.5 Å². The molecule has 1 aromatic heterocycles. The van der Waals surface area contributed by atoms with Gasteiger partial charge in [-0.1, -0.05) is 15.9 Å². The summed E-state index contributed by atoms with van der Waals surface area (Å²) < 4.78 is 7.56. The third kappa shape index (κ3) is 3.59. The molecule has 1 aromatic carbocycles. The lowest BCUT2D eigenvalue weighted by atomic mass is 10.1. The molecule has 19 heavy (non-hydrogen) atoms. The lowest BCUT2D eigenvalue weighted by molar-refractivity contribution is -0.107. The maximum atomic E-state index is 10.7. The van der Waals surface area contributed by atoms with E-state index in [1.807, 2.05) is 25.1 Å². The lowest BCUT2D eigenvalue weighted by Crippen LogP contribution is -1.81. The van der Waals surface area contributed by atoms with Gasteiger partial charge in [-0.15, -0.1) is 0 Å². The number of benzene rings is 1. The molecule has 0 saturated carbocycles. The number of aryl methyl sites for hydroxylation is 1. The number of hydrogen-bond acceptors (Lipinski definition) is 2. The van der Waals surface area contributed by atoms with Crippen molar-refractivity contribution in [1.29, 1.82) is 0 Å². The van der Waals surface area contributed by atoms with Crippen LogP contribution in [0.4, 0.5) is 0 Å². The van der Waals surface area contributed by atoms with E-state index in [0.29, 0.717) is 5.76 Å². The number of carbonyl (C=O) groups excluding carboxylic acids is 1. The van der Waals surface area contributed by atoms with E-state index in [1.165, 1.54) is 12.2 Å². The molecule has 0 aliphatic rings. The van der Waals surface area contributed by atoms with Gasteiger partial charge in [0.1, 0.15) is 11.5 Å². The Morgan fingerprint density at radius 2 is 2.05 bits per heavy atom. The quantitative estimate of drug-likeness (QED) is 0.495. The summed E-state index contributed by atoms with van der Waals surface area (Å²) in [6, 6.07) is 7.74. The first-order valence-electron chi connectivity index (χ1n) is 5.41. The summed E-state index contributed by atoms with van der Waals surface area (Å²) in [5, 5.41) is -0.533. The minimum atomic E-state index is -0.533. The first kappa shape index (κ1) is 14.6. The first-order chi connectivity index (χ1) is 8.97. The van der Waals surface area contributed by atoms with E-state index in [1.54, 1.807) is 6.07 Å². The number of carbonyl (C=O) groups is 1. The number of halogens is 3. The smallest absolute Gasteiger partial charge is 0.245 e. The van der Waals surface area contributed by atoms with Gasteiger partial charge in [0.05, 0.1) is 4.47 Å². The van der Waals surface area contributed by atoms with Crippen molar-refractivity contribution < 1.29 is 9.21 Å². The zero-order chi connectivity index (χ0) is 14.0. The summed E-state index contributed by atoms with van der Waals surface area (Å²) in [7, 11) is 0. The van der Waals surface area contributed by atoms with Crippen molar-refractivity contribution in [3.05, 3.63) is 50.6 Å². The molecule has 0 fully saturated rings. The zero-order valence-corrected chi connectivity index (χ0v) is 13.8. The first-order valence-corrected chi connectivity index (χ1v) is 7.37. The van der Waals surface area contributed by atoms with Crippen molar-refractivity contribution in [2.45, 2.75) is 6.92 Å². The van der Waals surface area contributed by atoms with E-state index in [9.17, 15) is 4.79 Å². The number of allylic oxidation sites excluding steroid dienone is 1. The Morgan fingerprint density at radius 3 is 2.68 bits per heavy atom. The van der Waals surface area contributed by atoms with Crippen molar-refractivity contribution in [2.24, 2.45) is 0 Å². The highest BCUT2D eigenvalue weighted by Gasteiger charge is 2.12. The van der Waals surface area contributed by atoms with E-state index in [4.69, 9.17) is 16.0 Å². The molecule has 98 valence electrons. The maximum Gasteiger partial charge on any atom is 0.245 e. The van der Waals surface area contributed by atoms with Gasteiger partial charge >= 0.3 is 0 Å². The molecule has 1 heterocycles. The molecule has 0 unspecified atom stereocenters. The average Bonchev–Trinajstić information content (AvgIpc) is 2.68. The second-order valence-electron chi connectivity index (χ2n) is 3.92. The van der Waals surface area contributed by atoms with Crippen LogP contribution < -0.4 is 0 Å². The van der Waals surface area contributed by atoms with E-state index in [0.717, 1.165) is 25.8 Å². The molecule has 5 heteroatoms. The fourth-order valence-electron chi connectivity index (χ4n) is 1.68. The summed E-state index contributed by atoms with van der Waals surface area (Å²) in [5.74, 6) is 1.30. The van der Waals surface area contributed by atoms with E-state index < -0.39 is 5.24 Å². The second kappa shape index (κ2) is 6.07. The lowest BCUT2D eigenvalue weighted by Gasteiger charge is -2.03. The van der Waals surface area contributed by atoms with Gasteiger partial charge in [-0.05, 0) is 70.4 Å². The van der Waals surface area contributed by atoms with Gasteiger partial charge < -0.3 is 4.42 Å². The predicted octanol–water partition coefficient (Wildman–Crippen LogP) is 5.56. The van der Waals surface area contributed by atoms with E-state index in [-0.39, 0.29) is 0 Å². The Kier molecular flexibility index (Phi) is 4.66. The summed E-state index contributed by atoms with van der Waals surface area (Å²) in [6.45, 7) is 2.01. The molecule has 0 saturated heterocycles. The van der Waals surface area contributed by atoms with Crippen LogP contribution in [0.3, 0.4) is 0 Å². The molecule has 0 radical (unpaired) electrons. The topological polar surface area (TPSA) is 30.2 Å². The van der Waals surface area contributed by atoms with Crippen LogP contribution in [0.2, 0.25) is 0 Å². The van der Waals surface area contributed by atoms with Crippen LogP contribution in [0.15, 0.2) is 43.7 Å². The van der Waals surface area contributed by atoms with Crippen LogP contribution in [-0.2, 0) is 4.79 Å². The number of rotatable bonds is 3. The van der Waals surface area contributed by atoms with Gasteiger partial charge in [-0.25, -0.2) is 0 Å². The van der Waals surface area contributed by atoms with Crippen LogP contribution in [0.5, 0.6) is 0 Å². The molecule has 0 bridgehead atoms. The molecule has 2 rings (SSSR count). The second-order valence-corrected chi connectivity index (χ2v) is 6.07. The fourth-order valence-corrected chi connectivity index (χ4v) is 2.74. The predicted molar refractivity (Wildman–Crippen MR) is 84.2 cm³/mol. The van der Waals surface area contributed by atoms with Crippen molar-refractivity contribution in [3.8, 4) is 11.3 Å². The average molecular weight is 404 g/mol. The Balaban J connectivity index is 2.43. The van der Waals surface area contributed by atoms with Crippen LogP contribution in [0, 0.1) is 6.92 Å². The molecule has 0 aliphatic heterocycles. The SMILES string of the molecule is Cc1cc(Br)ccc1-c1oc(/C=C/C(=O)Cl)cc1Br. The normalized spacial score (nSPS) is 11.2. The highest BCUT2D eigenvalue weighted by atomic mass is 79.9. The van der Waals surface area contributed by atoms with Crippen LogP contribution in [0.1, 0.15) is 11.3 Å². The van der Waals surface area contributed by atoms with Crippen LogP contribution in [0.25, 0.3) is 17.4 Å². The van der Waals surface area contributed by atoms with Gasteiger partial charge in [-0.2, -0.15) is 0 Å². The molecule has 0 amide bonds. The molecule has 0 spiro atoms. The van der Waals surface area contributed by atoms with Crippen molar-refractivity contribution >= 4 is 54.8 Å². The monoisotopic (exact) mass is 402 g/mol. The molecule has 2 nitrogen and oxygen atoms in total. The van der Waals surface area contributed by atoms with Gasteiger partial charge in [-0.3, -0.25) is 4.79 Å². The number of furan rings is 1. The third-order valence-corrected chi connectivity index (χ3v) is 3.73. The summed E-state index contributed by atoms with van der Waals surface area (Å²) >= 11 is 12.1. The third-order valence-electron chi connectivity index (χ3n) is 2.52. The molecular weight excluding hydrogens is 395 g/mol. The highest BCUT2D eigenvalue weighted by Crippen LogP contribution is 2.35. The van der Waals surface area contributed by atoms with Gasteiger partial charge in [0.2, 0.25) is 5.24 Å². The minimum Gasteiger partial charge on any atom is -0.455 e. The summed E-state index contributed by atoms with van der Waals surface area (Å²) in [6.07, 6.45) is 2.79. The fraction of sp³-hybridized carbons (Fsp3) is 0.0714. The largest absolute Gasteiger partial charge is 0.455 e. The molecule has 0 N–H and O–H groups in total. The Bertz CT molecular complexity index is 659. The standard InChI is InChI=1S/C14H9Br2ClO2/c1-8-6-9(15)2-4-11(8)14-12(16)7-10(19-14)3-5-13(17)18/h2-7H,1H3/b5-3+. The van der Waals surface area contributed by atoms with Crippen molar-refractivity contribution in [2.75, 3.05) is 0 Å². The molecular formula is C14H9Br2ClO2. The van der Waals surface area contributed by atoms with Gasteiger partial charge in [0, 0.05) is 16.1 Å². The van der Waals surface area contributed by atoms with E-state index >= 15 is 0 Å². The van der Waals surface area contributed by atoms with Gasteiger partial charge in [0.15, 0.2) is 0 Å². The minimum absolute atomic E-state index is 0.533. The highest BCUT2D eigenvalue weighted by molar-refractivity contribution is 9.10. The Morgan fingerprint density at radius 1 is 1.32 bits per heavy atom. The number of hydrogen-bond donors (Lipinski definition) is 0. The van der Waals surface area contributed by atoms with Gasteiger partial charge in [0.25, 0.3) is 0 Å². The Labute approximate surface area is 132 Å². The summed E-state index contributed by atoms with van der Waals surface area (Å²) in [4.78, 5) is 10.7. The molecule has 0 aliphatic carbocycles. The van der Waals surface area contributed by atoms with E-state index in [2.05, 4.69) is 31.9 Å². The zero-order valence-electron chi connectivity index (χ0n) is 9.91. The molecule has 0 atom stereocenters. The van der Waals surface area contributed by atoms with Crippen molar-refractivity contribution in [1.82, 2.24) is 0 Å². The van der Waals surface area contributed by atoms with Crippen molar-refractivity contribution in [3.63, 3.8) is 0 Å². The Hall–Kier alpha value is -0.840. The molecule has 2 aromatic rings. The maximum absolute atomic E-state index is 10.7. The van der Waals surface area contributed by atoms with Crippen LogP contribution in [-0.4, -0.2) is 5.24 Å². The summed E-state index contributed by atoms with van der Waals surface area (Å²) in [5.41, 5.74) is 2.08.